The molecule has 2 aromatic rings. The summed E-state index contributed by atoms with van der Waals surface area (Å²) < 4.78 is 5.94. The van der Waals surface area contributed by atoms with Crippen molar-refractivity contribution >= 4 is 68.6 Å². The van der Waals surface area contributed by atoms with Gasteiger partial charge in [-0.3, -0.25) is 25.1 Å². The zero-order valence-electron chi connectivity index (χ0n) is 18.9. The van der Waals surface area contributed by atoms with Gasteiger partial charge in [-0.1, -0.05) is 36.4 Å². The Morgan fingerprint density at radius 3 is 2.74 bits per heavy atom. The lowest BCUT2D eigenvalue weighted by molar-refractivity contribution is -0.133. The fourth-order valence-corrected chi connectivity index (χ4v) is 5.36. The van der Waals surface area contributed by atoms with E-state index < -0.39 is 5.91 Å². The molecule has 3 amide bonds. The lowest BCUT2D eigenvalue weighted by Crippen LogP contribution is -2.46. The Bertz CT molecular complexity index is 1120. The van der Waals surface area contributed by atoms with E-state index in [-0.39, 0.29) is 22.7 Å². The maximum atomic E-state index is 12.9. The minimum absolute atomic E-state index is 0.210. The highest BCUT2D eigenvalue weighted by Gasteiger charge is 2.33. The Kier molecular flexibility index (Phi) is 8.85. The van der Waals surface area contributed by atoms with Crippen molar-refractivity contribution in [1.29, 1.82) is 0 Å². The van der Waals surface area contributed by atoms with Crippen molar-refractivity contribution in [3.8, 4) is 5.75 Å². The van der Waals surface area contributed by atoms with Crippen LogP contribution in [0.3, 0.4) is 0 Å². The maximum absolute atomic E-state index is 12.9. The summed E-state index contributed by atoms with van der Waals surface area (Å²) >= 11 is 7.74. The van der Waals surface area contributed by atoms with E-state index in [9.17, 15) is 14.4 Å². The molecule has 0 spiro atoms. The molecule has 4 rings (SSSR count). The van der Waals surface area contributed by atoms with Crippen LogP contribution in [0.5, 0.6) is 5.75 Å². The van der Waals surface area contributed by atoms with E-state index in [1.165, 1.54) is 17.8 Å². The highest BCUT2D eigenvalue weighted by atomic mass is 32.2. The standard InChI is InChI=1S/C23H25N5O4S3/c29-19(8-12-27-10-4-1-5-11-27)26-28-21(31)18(35-23(28)33)14-16-6-2-3-7-17(16)32-15-20(30)25-22-24-9-13-34-22/h2-3,6-7,9,13-14H,1,4-5,8,10-12,15H2,(H,26,29)(H,24,25,30)/b18-14-. The number of carbonyl (C=O) groups excluding carboxylic acids is 3. The largest absolute Gasteiger partial charge is 0.483 e. The van der Waals surface area contributed by atoms with Crippen LogP contribution in [0.1, 0.15) is 31.2 Å². The van der Waals surface area contributed by atoms with E-state index in [0.717, 1.165) is 42.7 Å². The van der Waals surface area contributed by atoms with Crippen molar-refractivity contribution < 1.29 is 19.1 Å². The van der Waals surface area contributed by atoms with Gasteiger partial charge in [-0.2, -0.15) is 5.01 Å². The quantitative estimate of drug-likeness (QED) is 0.375. The number of rotatable bonds is 9. The molecule has 0 radical (unpaired) electrons. The lowest BCUT2D eigenvalue weighted by Gasteiger charge is -2.26. The maximum Gasteiger partial charge on any atom is 0.285 e. The summed E-state index contributed by atoms with van der Waals surface area (Å²) in [5.41, 5.74) is 3.25. The third-order valence-electron chi connectivity index (χ3n) is 5.38. The fourth-order valence-electron chi connectivity index (χ4n) is 3.64. The van der Waals surface area contributed by atoms with Crippen molar-refractivity contribution in [1.82, 2.24) is 20.3 Å². The molecule has 0 saturated carbocycles. The van der Waals surface area contributed by atoms with Crippen LogP contribution in [-0.4, -0.2) is 63.2 Å². The van der Waals surface area contributed by atoms with Gasteiger partial charge in [0.25, 0.3) is 11.8 Å². The zero-order chi connectivity index (χ0) is 24.6. The van der Waals surface area contributed by atoms with Crippen LogP contribution in [0.4, 0.5) is 5.13 Å². The molecule has 2 fully saturated rings. The Hall–Kier alpha value is -2.80. The molecule has 2 N–H and O–H groups in total. The molecule has 35 heavy (non-hydrogen) atoms. The number of piperidine rings is 1. The Morgan fingerprint density at radius 2 is 1.97 bits per heavy atom. The molecule has 0 bridgehead atoms. The number of thioether (sulfide) groups is 1. The van der Waals surface area contributed by atoms with Crippen molar-refractivity contribution in [2.75, 3.05) is 31.6 Å². The topological polar surface area (TPSA) is 104 Å². The van der Waals surface area contributed by atoms with Crippen molar-refractivity contribution in [2.24, 2.45) is 0 Å². The lowest BCUT2D eigenvalue weighted by atomic mass is 10.1. The predicted molar refractivity (Wildman–Crippen MR) is 141 cm³/mol. The van der Waals surface area contributed by atoms with Gasteiger partial charge >= 0.3 is 0 Å². The highest BCUT2D eigenvalue weighted by molar-refractivity contribution is 8.26. The van der Waals surface area contributed by atoms with Gasteiger partial charge in [-0.15, -0.1) is 11.3 Å². The molecule has 184 valence electrons. The molecule has 3 heterocycles. The highest BCUT2D eigenvalue weighted by Crippen LogP contribution is 2.33. The van der Waals surface area contributed by atoms with Crippen LogP contribution in [0.15, 0.2) is 40.7 Å². The van der Waals surface area contributed by atoms with E-state index in [1.54, 1.807) is 41.9 Å². The number of likely N-dealkylation sites (tertiary alicyclic amines) is 1. The van der Waals surface area contributed by atoms with E-state index >= 15 is 0 Å². The van der Waals surface area contributed by atoms with E-state index in [0.29, 0.717) is 34.3 Å². The molecule has 1 aromatic heterocycles. The number of anilines is 1. The molecule has 0 unspecified atom stereocenters. The summed E-state index contributed by atoms with van der Waals surface area (Å²) in [6, 6.07) is 7.07. The number of hydrazine groups is 1. The summed E-state index contributed by atoms with van der Waals surface area (Å²) in [7, 11) is 0. The number of nitrogens with one attached hydrogen (secondary N) is 2. The monoisotopic (exact) mass is 531 g/mol. The number of hydrogen-bond donors (Lipinski definition) is 2. The number of thiocarbonyl (C=S) groups is 1. The fraction of sp³-hybridized carbons (Fsp3) is 0.348. The first-order valence-electron chi connectivity index (χ1n) is 11.2. The van der Waals surface area contributed by atoms with Crippen LogP contribution in [0, 0.1) is 0 Å². The molecule has 12 heteroatoms. The van der Waals surface area contributed by atoms with Crippen molar-refractivity contribution in [3.63, 3.8) is 0 Å². The van der Waals surface area contributed by atoms with Gasteiger partial charge < -0.3 is 9.64 Å². The first-order valence-corrected chi connectivity index (χ1v) is 13.3. The molecular formula is C23H25N5O4S3. The third-order valence-corrected chi connectivity index (χ3v) is 7.37. The second kappa shape index (κ2) is 12.2. The van der Waals surface area contributed by atoms with Gasteiger partial charge in [0.05, 0.1) is 4.91 Å². The first-order chi connectivity index (χ1) is 17.0. The van der Waals surface area contributed by atoms with Crippen LogP contribution in [-0.2, 0) is 14.4 Å². The summed E-state index contributed by atoms with van der Waals surface area (Å²) in [5.74, 6) is -0.545. The molecule has 1 aromatic carbocycles. The van der Waals surface area contributed by atoms with Gasteiger partial charge in [0, 0.05) is 30.1 Å². The molecule has 2 aliphatic rings. The molecule has 2 aliphatic heterocycles. The van der Waals surface area contributed by atoms with Gasteiger partial charge in [-0.25, -0.2) is 4.98 Å². The zero-order valence-corrected chi connectivity index (χ0v) is 21.3. The number of amides is 3. The number of para-hydroxylation sites is 1. The second-order valence-corrected chi connectivity index (χ2v) is 10.5. The first kappa shape index (κ1) is 25.3. The minimum Gasteiger partial charge on any atom is -0.483 e. The van der Waals surface area contributed by atoms with Crippen molar-refractivity contribution in [3.05, 3.63) is 46.3 Å². The normalized spacial score (nSPS) is 17.6. The van der Waals surface area contributed by atoms with Crippen LogP contribution in [0.25, 0.3) is 6.08 Å². The number of benzene rings is 1. The Labute approximate surface area is 216 Å². The number of hydrogen-bond acceptors (Lipinski definition) is 9. The molecule has 0 atom stereocenters. The summed E-state index contributed by atoms with van der Waals surface area (Å²) in [4.78, 5) is 44.1. The Balaban J connectivity index is 1.34. The number of thiazole rings is 1. The molecule has 0 aliphatic carbocycles. The van der Waals surface area contributed by atoms with E-state index in [1.807, 2.05) is 0 Å². The van der Waals surface area contributed by atoms with Gasteiger partial charge in [0.1, 0.15) is 5.75 Å². The smallest absolute Gasteiger partial charge is 0.285 e. The molecular weight excluding hydrogens is 506 g/mol. The Morgan fingerprint density at radius 1 is 1.17 bits per heavy atom. The van der Waals surface area contributed by atoms with Gasteiger partial charge in [0.15, 0.2) is 16.1 Å². The molecule has 9 nitrogen and oxygen atoms in total. The number of carbonyl (C=O) groups is 3. The summed E-state index contributed by atoms with van der Waals surface area (Å²) in [6.07, 6.45) is 7.10. The summed E-state index contributed by atoms with van der Waals surface area (Å²) in [5, 5.41) is 6.03. The van der Waals surface area contributed by atoms with E-state index in [4.69, 9.17) is 17.0 Å². The predicted octanol–water partition coefficient (Wildman–Crippen LogP) is 3.27. The number of aromatic nitrogens is 1. The SMILES string of the molecule is O=C(COc1ccccc1/C=C1\SC(=S)N(NC(=O)CCN2CCCCC2)C1=O)Nc1nccs1. The van der Waals surface area contributed by atoms with Crippen LogP contribution >= 0.6 is 35.3 Å². The molecule has 2 saturated heterocycles. The van der Waals surface area contributed by atoms with E-state index in [2.05, 4.69) is 20.6 Å². The van der Waals surface area contributed by atoms with Gasteiger partial charge in [-0.05, 0) is 50.3 Å². The summed E-state index contributed by atoms with van der Waals surface area (Å²) in [6.45, 7) is 2.46. The number of ether oxygens (including phenoxy) is 1. The minimum atomic E-state index is -0.400. The number of nitrogens with zero attached hydrogens (tertiary/aromatic N) is 3. The second-order valence-electron chi connectivity index (χ2n) is 7.92. The average molecular weight is 532 g/mol. The van der Waals surface area contributed by atoms with Gasteiger partial charge in [0.2, 0.25) is 5.91 Å². The van der Waals surface area contributed by atoms with Crippen LogP contribution < -0.4 is 15.5 Å². The third kappa shape index (κ3) is 7.10. The van der Waals surface area contributed by atoms with Crippen molar-refractivity contribution in [2.45, 2.75) is 25.7 Å². The van der Waals surface area contributed by atoms with Crippen LogP contribution in [0.2, 0.25) is 0 Å². The average Bonchev–Trinajstić information content (AvgIpc) is 3.46.